The number of aryl methyl sites for hydroxylation is 1. The molecule has 1 fully saturated rings. The summed E-state index contributed by atoms with van der Waals surface area (Å²) in [6, 6.07) is 18.9. The van der Waals surface area contributed by atoms with Gasteiger partial charge < -0.3 is 10.2 Å². The highest BCUT2D eigenvalue weighted by molar-refractivity contribution is 7.99. The fourth-order valence-corrected chi connectivity index (χ4v) is 5.04. The first-order valence-corrected chi connectivity index (χ1v) is 12.8. The molecule has 0 bridgehead atoms. The number of aromatic nitrogens is 3. The fourth-order valence-electron chi connectivity index (χ4n) is 4.24. The molecule has 0 radical (unpaired) electrons. The van der Waals surface area contributed by atoms with Crippen LogP contribution in [0.5, 0.6) is 0 Å². The van der Waals surface area contributed by atoms with Crippen LogP contribution in [0.2, 0.25) is 0 Å². The van der Waals surface area contributed by atoms with Crippen molar-refractivity contribution in [1.82, 2.24) is 14.5 Å². The molecule has 2 aromatic heterocycles. The Bertz CT molecular complexity index is 1390. The highest BCUT2D eigenvalue weighted by atomic mass is 32.2. The first-order valence-electron chi connectivity index (χ1n) is 11.8. The number of pyridine rings is 1. The molecule has 1 N–H and O–H groups in total. The molecule has 1 aliphatic rings. The number of fused-ring (bicyclic) bond motifs is 1. The molecule has 178 valence electrons. The number of benzene rings is 2. The Kier molecular flexibility index (Phi) is 6.81. The predicted molar refractivity (Wildman–Crippen MR) is 142 cm³/mol. The Hall–Kier alpha value is -3.65. The Morgan fingerprint density at radius 2 is 1.77 bits per heavy atom. The predicted octanol–water partition coefficient (Wildman–Crippen LogP) is 4.81. The van der Waals surface area contributed by atoms with Crippen LogP contribution in [0, 0.1) is 6.92 Å². The summed E-state index contributed by atoms with van der Waals surface area (Å²) in [7, 11) is 0. The monoisotopic (exact) mass is 485 g/mol. The number of carbonyl (C=O) groups is 1. The largest absolute Gasteiger partial charge is 0.372 e. The molecule has 5 rings (SSSR count). The molecule has 0 aliphatic carbocycles. The van der Waals surface area contributed by atoms with E-state index < -0.39 is 0 Å². The number of rotatable bonds is 6. The Morgan fingerprint density at radius 1 is 1.00 bits per heavy atom. The lowest BCUT2D eigenvalue weighted by atomic mass is 10.1. The summed E-state index contributed by atoms with van der Waals surface area (Å²) in [5.74, 6) is 0.437. The van der Waals surface area contributed by atoms with Gasteiger partial charge in [0.1, 0.15) is 5.82 Å². The maximum absolute atomic E-state index is 13.3. The van der Waals surface area contributed by atoms with Gasteiger partial charge >= 0.3 is 0 Å². The van der Waals surface area contributed by atoms with Crippen molar-refractivity contribution in [3.63, 3.8) is 0 Å². The van der Waals surface area contributed by atoms with Crippen LogP contribution in [0.3, 0.4) is 0 Å². The van der Waals surface area contributed by atoms with E-state index in [4.69, 9.17) is 0 Å². The zero-order valence-electron chi connectivity index (χ0n) is 19.6. The normalized spacial score (nSPS) is 13.7. The molecular weight excluding hydrogens is 458 g/mol. The van der Waals surface area contributed by atoms with Crippen molar-refractivity contribution in [2.45, 2.75) is 31.3 Å². The molecule has 3 heterocycles. The number of nitrogens with one attached hydrogen (secondary N) is 1. The zero-order valence-corrected chi connectivity index (χ0v) is 20.4. The smallest absolute Gasteiger partial charge is 0.267 e. The summed E-state index contributed by atoms with van der Waals surface area (Å²) in [6.07, 6.45) is 5.46. The third-order valence-corrected chi connectivity index (χ3v) is 7.01. The Labute approximate surface area is 208 Å². The van der Waals surface area contributed by atoms with Crippen molar-refractivity contribution in [3.8, 4) is 5.82 Å². The van der Waals surface area contributed by atoms with Gasteiger partial charge in [0.25, 0.3) is 5.56 Å². The number of hydrogen-bond acceptors (Lipinski definition) is 6. The average molecular weight is 486 g/mol. The standard InChI is InChI=1S/C27H27N5O2S/c1-19-9-14-24(28-17-19)32-26(34)22-7-3-4-8-23(22)30-27(32)35-18-25(33)29-20-10-12-21(13-11-20)31-15-5-2-6-16-31/h3-4,7-14,17H,2,5-6,15-16,18H2,1H3,(H,29,33). The van der Waals surface area contributed by atoms with E-state index >= 15 is 0 Å². The van der Waals surface area contributed by atoms with Crippen LogP contribution in [0.25, 0.3) is 16.7 Å². The molecule has 0 atom stereocenters. The number of para-hydroxylation sites is 1. The van der Waals surface area contributed by atoms with Crippen LogP contribution >= 0.6 is 11.8 Å². The van der Waals surface area contributed by atoms with Crippen molar-refractivity contribution >= 4 is 39.9 Å². The minimum Gasteiger partial charge on any atom is -0.372 e. The number of piperidine rings is 1. The summed E-state index contributed by atoms with van der Waals surface area (Å²) >= 11 is 1.22. The Morgan fingerprint density at radius 3 is 2.51 bits per heavy atom. The number of amides is 1. The molecule has 2 aromatic carbocycles. The van der Waals surface area contributed by atoms with Crippen LogP contribution in [0.1, 0.15) is 24.8 Å². The summed E-state index contributed by atoms with van der Waals surface area (Å²) in [5.41, 5.74) is 3.32. The van der Waals surface area contributed by atoms with E-state index in [2.05, 4.69) is 32.3 Å². The van der Waals surface area contributed by atoms with Crippen LogP contribution in [0.4, 0.5) is 11.4 Å². The van der Waals surface area contributed by atoms with Gasteiger partial charge in [-0.3, -0.25) is 9.59 Å². The molecule has 0 unspecified atom stereocenters. The molecule has 1 amide bonds. The second kappa shape index (κ2) is 10.3. The molecule has 1 saturated heterocycles. The molecule has 0 spiro atoms. The molecule has 4 aromatic rings. The first-order chi connectivity index (χ1) is 17.1. The first kappa shape index (κ1) is 23.1. The van der Waals surface area contributed by atoms with Gasteiger partial charge in [-0.25, -0.2) is 14.5 Å². The molecule has 1 aliphatic heterocycles. The average Bonchev–Trinajstić information content (AvgIpc) is 2.89. The van der Waals surface area contributed by atoms with Gasteiger partial charge in [-0.1, -0.05) is 30.0 Å². The molecular formula is C27H27N5O2S. The van der Waals surface area contributed by atoms with Gasteiger partial charge in [0.05, 0.1) is 16.7 Å². The van der Waals surface area contributed by atoms with Gasteiger partial charge in [-0.05, 0) is 74.2 Å². The summed E-state index contributed by atoms with van der Waals surface area (Å²) in [6.45, 7) is 4.11. The van der Waals surface area contributed by atoms with Crippen LogP contribution in [0.15, 0.2) is 76.8 Å². The van der Waals surface area contributed by atoms with E-state index in [0.717, 1.165) is 24.3 Å². The SMILES string of the molecule is Cc1ccc(-n2c(SCC(=O)Nc3ccc(N4CCCCC4)cc3)nc3ccccc3c2=O)nc1. The lowest BCUT2D eigenvalue weighted by molar-refractivity contribution is -0.113. The van der Waals surface area contributed by atoms with E-state index in [-0.39, 0.29) is 17.2 Å². The van der Waals surface area contributed by atoms with Crippen molar-refractivity contribution in [2.24, 2.45) is 0 Å². The molecule has 35 heavy (non-hydrogen) atoms. The Balaban J connectivity index is 1.33. The van der Waals surface area contributed by atoms with Crippen molar-refractivity contribution in [1.29, 1.82) is 0 Å². The summed E-state index contributed by atoms with van der Waals surface area (Å²) in [4.78, 5) is 37.5. The van der Waals surface area contributed by atoms with E-state index in [1.807, 2.05) is 37.3 Å². The van der Waals surface area contributed by atoms with E-state index in [1.165, 1.54) is 41.3 Å². The summed E-state index contributed by atoms with van der Waals surface area (Å²) < 4.78 is 1.48. The van der Waals surface area contributed by atoms with Gasteiger partial charge in [-0.15, -0.1) is 0 Å². The minimum atomic E-state index is -0.205. The third-order valence-electron chi connectivity index (χ3n) is 6.07. The van der Waals surface area contributed by atoms with E-state index in [1.54, 1.807) is 24.4 Å². The van der Waals surface area contributed by atoms with Gasteiger partial charge in [-0.2, -0.15) is 0 Å². The summed E-state index contributed by atoms with van der Waals surface area (Å²) in [5, 5.41) is 3.89. The van der Waals surface area contributed by atoms with Gasteiger partial charge in [0, 0.05) is 30.7 Å². The maximum Gasteiger partial charge on any atom is 0.267 e. The van der Waals surface area contributed by atoms with Crippen LogP contribution < -0.4 is 15.8 Å². The number of anilines is 2. The second-order valence-corrected chi connectivity index (χ2v) is 9.62. The third kappa shape index (κ3) is 5.22. The minimum absolute atomic E-state index is 0.116. The lowest BCUT2D eigenvalue weighted by Crippen LogP contribution is -2.29. The lowest BCUT2D eigenvalue weighted by Gasteiger charge is -2.28. The molecule has 0 saturated carbocycles. The topological polar surface area (TPSA) is 80.1 Å². The number of carbonyl (C=O) groups excluding carboxylic acids is 1. The number of nitrogens with zero attached hydrogens (tertiary/aromatic N) is 4. The molecule has 7 nitrogen and oxygen atoms in total. The van der Waals surface area contributed by atoms with Gasteiger partial charge in [0.15, 0.2) is 5.16 Å². The highest BCUT2D eigenvalue weighted by Gasteiger charge is 2.16. The van der Waals surface area contributed by atoms with Crippen molar-refractivity contribution in [3.05, 3.63) is 82.8 Å². The maximum atomic E-state index is 13.3. The van der Waals surface area contributed by atoms with Crippen molar-refractivity contribution < 1.29 is 4.79 Å². The fraction of sp³-hybridized carbons (Fsp3) is 0.259. The van der Waals surface area contributed by atoms with E-state index in [9.17, 15) is 9.59 Å². The molecule has 8 heteroatoms. The van der Waals surface area contributed by atoms with Crippen molar-refractivity contribution in [2.75, 3.05) is 29.1 Å². The van der Waals surface area contributed by atoms with Crippen LogP contribution in [-0.4, -0.2) is 39.3 Å². The number of hydrogen-bond donors (Lipinski definition) is 1. The van der Waals surface area contributed by atoms with E-state index in [0.29, 0.717) is 21.9 Å². The quantitative estimate of drug-likeness (QED) is 0.312. The van der Waals surface area contributed by atoms with Crippen LogP contribution in [-0.2, 0) is 4.79 Å². The second-order valence-electron chi connectivity index (χ2n) is 8.68. The van der Waals surface area contributed by atoms with Gasteiger partial charge in [0.2, 0.25) is 5.91 Å². The zero-order chi connectivity index (χ0) is 24.2. The number of thioether (sulfide) groups is 1. The highest BCUT2D eigenvalue weighted by Crippen LogP contribution is 2.23.